The van der Waals surface area contributed by atoms with E-state index < -0.39 is 0 Å². The monoisotopic (exact) mass is 477 g/mol. The maximum atomic E-state index is 14.0. The molecule has 0 radical (unpaired) electrons. The summed E-state index contributed by atoms with van der Waals surface area (Å²) in [5.41, 5.74) is 5.77. The second kappa shape index (κ2) is 10.7. The van der Waals surface area contributed by atoms with Crippen LogP contribution in [0.15, 0.2) is 97.6 Å². The van der Waals surface area contributed by atoms with Crippen LogP contribution in [0.2, 0.25) is 0 Å². The molecule has 0 bridgehead atoms. The molecule has 6 nitrogen and oxygen atoms in total. The Morgan fingerprint density at radius 2 is 1.44 bits per heavy atom. The van der Waals surface area contributed by atoms with Crippen LogP contribution in [0.5, 0.6) is 0 Å². The van der Waals surface area contributed by atoms with Crippen molar-refractivity contribution in [2.45, 2.75) is 13.0 Å². The zero-order valence-corrected chi connectivity index (χ0v) is 20.8. The molecule has 1 amide bonds. The van der Waals surface area contributed by atoms with Crippen molar-refractivity contribution < 1.29 is 4.79 Å². The molecule has 0 spiro atoms. The largest absolute Gasteiger partial charge is 0.336 e. The molecule has 0 N–H and O–H groups in total. The summed E-state index contributed by atoms with van der Waals surface area (Å²) in [5, 5.41) is 0. The number of carbonyl (C=O) groups excluding carboxylic acids is 1. The van der Waals surface area contributed by atoms with Gasteiger partial charge in [-0.1, -0.05) is 42.5 Å². The van der Waals surface area contributed by atoms with Crippen LogP contribution in [0.25, 0.3) is 11.1 Å². The first-order valence-electron chi connectivity index (χ1n) is 12.4. The molecule has 2 aromatic heterocycles. The van der Waals surface area contributed by atoms with Gasteiger partial charge in [-0.2, -0.15) is 0 Å². The molecule has 182 valence electrons. The maximum absolute atomic E-state index is 14.0. The van der Waals surface area contributed by atoms with E-state index in [9.17, 15) is 4.79 Å². The van der Waals surface area contributed by atoms with Crippen LogP contribution in [0.3, 0.4) is 0 Å². The van der Waals surface area contributed by atoms with E-state index in [0.717, 1.165) is 59.8 Å². The highest BCUT2D eigenvalue weighted by molar-refractivity contribution is 5.98. The van der Waals surface area contributed by atoms with Crippen LogP contribution in [0.1, 0.15) is 28.9 Å². The molecule has 0 saturated carbocycles. The van der Waals surface area contributed by atoms with E-state index in [1.807, 2.05) is 71.9 Å². The third-order valence-corrected chi connectivity index (χ3v) is 6.87. The number of pyridine rings is 2. The zero-order valence-electron chi connectivity index (χ0n) is 20.8. The van der Waals surface area contributed by atoms with Gasteiger partial charge in [-0.3, -0.25) is 14.8 Å². The van der Waals surface area contributed by atoms with Gasteiger partial charge in [-0.15, -0.1) is 0 Å². The van der Waals surface area contributed by atoms with Crippen LogP contribution >= 0.6 is 0 Å². The number of rotatable bonds is 6. The zero-order chi connectivity index (χ0) is 24.9. The van der Waals surface area contributed by atoms with Gasteiger partial charge in [-0.25, -0.2) is 0 Å². The lowest BCUT2D eigenvalue weighted by molar-refractivity contribution is 0.0662. The maximum Gasteiger partial charge on any atom is 0.254 e. The molecule has 5 rings (SSSR count). The number of amides is 1. The molecule has 6 heteroatoms. The van der Waals surface area contributed by atoms with Crippen molar-refractivity contribution in [1.82, 2.24) is 19.8 Å². The Morgan fingerprint density at radius 1 is 0.806 bits per heavy atom. The Hall–Kier alpha value is -4.03. The Kier molecular flexibility index (Phi) is 7.05. The second-order valence-electron chi connectivity index (χ2n) is 9.20. The summed E-state index contributed by atoms with van der Waals surface area (Å²) < 4.78 is 0. The molecule has 1 atom stereocenters. The summed E-state index contributed by atoms with van der Waals surface area (Å²) >= 11 is 0. The smallest absolute Gasteiger partial charge is 0.254 e. The molecule has 36 heavy (non-hydrogen) atoms. The molecule has 1 unspecified atom stereocenters. The lowest BCUT2D eigenvalue weighted by Gasteiger charge is -2.36. The van der Waals surface area contributed by atoms with E-state index in [2.05, 4.69) is 51.9 Å². The number of nitrogens with zero attached hydrogens (tertiary/aromatic N) is 5. The number of hydrogen-bond donors (Lipinski definition) is 0. The predicted molar refractivity (Wildman–Crippen MR) is 144 cm³/mol. The Bertz CT molecular complexity index is 1250. The molecular weight excluding hydrogens is 446 g/mol. The van der Waals surface area contributed by atoms with E-state index in [4.69, 9.17) is 0 Å². The van der Waals surface area contributed by atoms with Gasteiger partial charge in [0, 0.05) is 44.1 Å². The van der Waals surface area contributed by atoms with E-state index in [0.29, 0.717) is 0 Å². The fraction of sp³-hybridized carbons (Fsp3) is 0.233. The highest BCUT2D eigenvalue weighted by Crippen LogP contribution is 2.40. The minimum atomic E-state index is -0.166. The van der Waals surface area contributed by atoms with Gasteiger partial charge in [0.05, 0.1) is 29.8 Å². The summed E-state index contributed by atoms with van der Waals surface area (Å²) in [6.45, 7) is 5.38. The number of anilines is 2. The summed E-state index contributed by atoms with van der Waals surface area (Å²) in [6.07, 6.45) is 7.26. The average molecular weight is 478 g/mol. The molecule has 1 aliphatic heterocycles. The van der Waals surface area contributed by atoms with Gasteiger partial charge in [0.15, 0.2) is 0 Å². The van der Waals surface area contributed by atoms with Crippen molar-refractivity contribution in [3.05, 3.63) is 109 Å². The summed E-state index contributed by atoms with van der Waals surface area (Å²) in [5.74, 6) is 0.0834. The molecule has 0 aliphatic carbocycles. The molecule has 1 saturated heterocycles. The minimum absolute atomic E-state index is 0.0834. The molecular formula is C30H31N5O. The summed E-state index contributed by atoms with van der Waals surface area (Å²) in [4.78, 5) is 29.2. The van der Waals surface area contributed by atoms with Crippen LogP contribution in [0.4, 0.5) is 11.4 Å². The predicted octanol–water partition coefficient (Wildman–Crippen LogP) is 5.43. The van der Waals surface area contributed by atoms with Gasteiger partial charge < -0.3 is 14.7 Å². The summed E-state index contributed by atoms with van der Waals surface area (Å²) in [7, 11) is 2.10. The van der Waals surface area contributed by atoms with Gasteiger partial charge in [0.2, 0.25) is 0 Å². The van der Waals surface area contributed by atoms with Crippen molar-refractivity contribution in [3.8, 4) is 11.1 Å². The molecule has 2 aromatic carbocycles. The lowest BCUT2D eigenvalue weighted by atomic mass is 9.89. The van der Waals surface area contributed by atoms with E-state index in [1.165, 1.54) is 0 Å². The lowest BCUT2D eigenvalue weighted by Crippen LogP contribution is -2.47. The quantitative estimate of drug-likeness (QED) is 0.371. The Morgan fingerprint density at radius 3 is 2.03 bits per heavy atom. The first-order chi connectivity index (χ1) is 17.6. The van der Waals surface area contributed by atoms with Crippen molar-refractivity contribution in [2.75, 3.05) is 38.1 Å². The van der Waals surface area contributed by atoms with Crippen molar-refractivity contribution in [3.63, 3.8) is 0 Å². The normalized spacial score (nSPS) is 14.9. The third-order valence-electron chi connectivity index (χ3n) is 6.87. The second-order valence-corrected chi connectivity index (χ2v) is 9.20. The van der Waals surface area contributed by atoms with Crippen LogP contribution in [-0.4, -0.2) is 58.9 Å². The standard InChI is InChI=1S/C30H31N5O/c1-23(35(25-11-7-15-31-21-25)26-12-8-16-32-22-26)29-27(24-9-4-3-5-10-24)13-6-14-28(29)30(36)34-19-17-33(2)18-20-34/h3-16,21-23H,17-20H2,1-2H3. The fourth-order valence-corrected chi connectivity index (χ4v) is 4.97. The Balaban J connectivity index is 1.67. The first kappa shape index (κ1) is 23.7. The molecule has 3 heterocycles. The van der Waals surface area contributed by atoms with Crippen molar-refractivity contribution in [2.24, 2.45) is 0 Å². The van der Waals surface area contributed by atoms with Gasteiger partial charge in [0.1, 0.15) is 0 Å². The number of benzene rings is 2. The van der Waals surface area contributed by atoms with Crippen LogP contribution in [-0.2, 0) is 0 Å². The fourth-order valence-electron chi connectivity index (χ4n) is 4.97. The average Bonchev–Trinajstić information content (AvgIpc) is 2.94. The first-order valence-corrected chi connectivity index (χ1v) is 12.4. The van der Waals surface area contributed by atoms with Crippen molar-refractivity contribution >= 4 is 17.3 Å². The van der Waals surface area contributed by atoms with E-state index in [-0.39, 0.29) is 11.9 Å². The van der Waals surface area contributed by atoms with Crippen LogP contribution < -0.4 is 4.90 Å². The van der Waals surface area contributed by atoms with E-state index >= 15 is 0 Å². The number of piperazine rings is 1. The van der Waals surface area contributed by atoms with E-state index in [1.54, 1.807) is 12.4 Å². The third kappa shape index (κ3) is 4.86. The molecule has 4 aromatic rings. The van der Waals surface area contributed by atoms with Gasteiger partial charge in [-0.05, 0) is 61.0 Å². The number of carbonyl (C=O) groups is 1. The highest BCUT2D eigenvalue weighted by atomic mass is 16.2. The topological polar surface area (TPSA) is 52.6 Å². The minimum Gasteiger partial charge on any atom is -0.336 e. The number of likely N-dealkylation sites (N-methyl/N-ethyl adjacent to an activating group) is 1. The van der Waals surface area contributed by atoms with Crippen LogP contribution in [0, 0.1) is 0 Å². The van der Waals surface area contributed by atoms with Gasteiger partial charge in [0.25, 0.3) is 5.91 Å². The molecule has 1 aliphatic rings. The number of hydrogen-bond acceptors (Lipinski definition) is 5. The molecule has 1 fully saturated rings. The highest BCUT2D eigenvalue weighted by Gasteiger charge is 2.29. The SMILES string of the molecule is CC(c1c(C(=O)N2CCN(C)CC2)cccc1-c1ccccc1)N(c1cccnc1)c1cccnc1. The van der Waals surface area contributed by atoms with Crippen molar-refractivity contribution in [1.29, 1.82) is 0 Å². The van der Waals surface area contributed by atoms with Gasteiger partial charge >= 0.3 is 0 Å². The number of aromatic nitrogens is 2. The summed E-state index contributed by atoms with van der Waals surface area (Å²) in [6, 6.07) is 24.2. The Labute approximate surface area is 212 Å².